The van der Waals surface area contributed by atoms with Crippen LogP contribution in [-0.4, -0.2) is 11.0 Å². The highest BCUT2D eigenvalue weighted by Crippen LogP contribution is 2.35. The standard InChI is InChI=1S/C12H15FN2O2/c1-8(6-9-2-3-9)14-11-5-4-10(13)7-12(11)15(16)17/h4-5,7-9,14H,2-3,6H2,1H3. The molecule has 0 spiro atoms. The maximum Gasteiger partial charge on any atom is 0.295 e. The summed E-state index contributed by atoms with van der Waals surface area (Å²) in [6.07, 6.45) is 3.50. The zero-order chi connectivity index (χ0) is 12.4. The number of benzene rings is 1. The lowest BCUT2D eigenvalue weighted by Crippen LogP contribution is -2.16. The van der Waals surface area contributed by atoms with E-state index in [0.717, 1.165) is 18.4 Å². The van der Waals surface area contributed by atoms with Gasteiger partial charge in [-0.1, -0.05) is 12.8 Å². The Morgan fingerprint density at radius 1 is 1.59 bits per heavy atom. The Morgan fingerprint density at radius 2 is 2.29 bits per heavy atom. The molecule has 1 unspecified atom stereocenters. The first-order valence-corrected chi connectivity index (χ1v) is 5.76. The highest BCUT2D eigenvalue weighted by atomic mass is 19.1. The maximum absolute atomic E-state index is 12.9. The molecule has 0 amide bonds. The first-order valence-electron chi connectivity index (χ1n) is 5.76. The van der Waals surface area contributed by atoms with Crippen molar-refractivity contribution in [2.75, 3.05) is 5.32 Å². The summed E-state index contributed by atoms with van der Waals surface area (Å²) in [7, 11) is 0. The molecule has 1 saturated carbocycles. The summed E-state index contributed by atoms with van der Waals surface area (Å²) in [5.74, 6) is 0.161. The van der Waals surface area contributed by atoms with Crippen LogP contribution in [0, 0.1) is 21.8 Å². The van der Waals surface area contributed by atoms with Crippen molar-refractivity contribution in [2.24, 2.45) is 5.92 Å². The number of halogens is 1. The van der Waals surface area contributed by atoms with Crippen molar-refractivity contribution >= 4 is 11.4 Å². The van der Waals surface area contributed by atoms with Gasteiger partial charge in [0.2, 0.25) is 0 Å². The van der Waals surface area contributed by atoms with Crippen molar-refractivity contribution in [3.05, 3.63) is 34.1 Å². The van der Waals surface area contributed by atoms with Crippen LogP contribution in [0.3, 0.4) is 0 Å². The highest BCUT2D eigenvalue weighted by molar-refractivity contribution is 5.61. The summed E-state index contributed by atoms with van der Waals surface area (Å²) in [6, 6.07) is 3.79. The molecule has 1 aromatic rings. The number of anilines is 1. The molecule has 0 saturated heterocycles. The van der Waals surface area contributed by atoms with E-state index in [1.54, 1.807) is 0 Å². The summed E-state index contributed by atoms with van der Waals surface area (Å²) >= 11 is 0. The topological polar surface area (TPSA) is 55.2 Å². The number of hydrogen-bond acceptors (Lipinski definition) is 3. The molecule has 2 rings (SSSR count). The molecule has 1 N–H and O–H groups in total. The Hall–Kier alpha value is -1.65. The molecule has 0 radical (unpaired) electrons. The van der Waals surface area contributed by atoms with Gasteiger partial charge in [0.25, 0.3) is 5.69 Å². The first kappa shape index (κ1) is 11.8. The lowest BCUT2D eigenvalue weighted by atomic mass is 10.1. The van der Waals surface area contributed by atoms with Crippen molar-refractivity contribution < 1.29 is 9.31 Å². The van der Waals surface area contributed by atoms with Crippen molar-refractivity contribution in [1.29, 1.82) is 0 Å². The van der Waals surface area contributed by atoms with Gasteiger partial charge in [-0.05, 0) is 31.4 Å². The number of nitrogens with one attached hydrogen (secondary N) is 1. The van der Waals surface area contributed by atoms with Gasteiger partial charge in [-0.25, -0.2) is 4.39 Å². The Kier molecular flexibility index (Phi) is 3.26. The smallest absolute Gasteiger partial charge is 0.295 e. The van der Waals surface area contributed by atoms with E-state index in [-0.39, 0.29) is 11.7 Å². The quantitative estimate of drug-likeness (QED) is 0.632. The molecule has 5 heteroatoms. The number of nitrogens with zero attached hydrogens (tertiary/aromatic N) is 1. The van der Waals surface area contributed by atoms with E-state index in [1.165, 1.54) is 25.0 Å². The van der Waals surface area contributed by atoms with E-state index in [0.29, 0.717) is 5.69 Å². The summed E-state index contributed by atoms with van der Waals surface area (Å²) in [6.45, 7) is 1.99. The second kappa shape index (κ2) is 4.69. The molecule has 1 atom stereocenters. The first-order chi connectivity index (χ1) is 8.06. The minimum Gasteiger partial charge on any atom is -0.377 e. The third kappa shape index (κ3) is 3.15. The monoisotopic (exact) mass is 238 g/mol. The lowest BCUT2D eigenvalue weighted by molar-refractivity contribution is -0.384. The van der Waals surface area contributed by atoms with Gasteiger partial charge < -0.3 is 5.32 Å². The molecule has 0 aromatic heterocycles. The van der Waals surface area contributed by atoms with Crippen LogP contribution in [0.25, 0.3) is 0 Å². The number of hydrogen-bond donors (Lipinski definition) is 1. The van der Waals surface area contributed by atoms with E-state index in [2.05, 4.69) is 5.32 Å². The van der Waals surface area contributed by atoms with Crippen molar-refractivity contribution in [1.82, 2.24) is 0 Å². The third-order valence-corrected chi connectivity index (χ3v) is 2.94. The molecule has 0 aliphatic heterocycles. The number of rotatable bonds is 5. The second-order valence-corrected chi connectivity index (χ2v) is 4.64. The van der Waals surface area contributed by atoms with Gasteiger partial charge in [-0.15, -0.1) is 0 Å². The molecule has 0 bridgehead atoms. The molecule has 1 aliphatic carbocycles. The predicted molar refractivity (Wildman–Crippen MR) is 63.5 cm³/mol. The van der Waals surface area contributed by atoms with Crippen LogP contribution in [-0.2, 0) is 0 Å². The molecule has 92 valence electrons. The van der Waals surface area contributed by atoms with Crippen LogP contribution >= 0.6 is 0 Å². The lowest BCUT2D eigenvalue weighted by Gasteiger charge is -2.14. The van der Waals surface area contributed by atoms with Gasteiger partial charge in [-0.3, -0.25) is 10.1 Å². The van der Waals surface area contributed by atoms with E-state index < -0.39 is 10.7 Å². The maximum atomic E-state index is 12.9. The number of nitro groups is 1. The Labute approximate surface area is 99.0 Å². The van der Waals surface area contributed by atoms with Crippen molar-refractivity contribution in [2.45, 2.75) is 32.2 Å². The zero-order valence-corrected chi connectivity index (χ0v) is 9.65. The Bertz CT molecular complexity index is 433. The van der Waals surface area contributed by atoms with Gasteiger partial charge in [0.1, 0.15) is 11.5 Å². The molecule has 1 fully saturated rings. The SMILES string of the molecule is CC(CC1CC1)Nc1ccc(F)cc1[N+](=O)[O-]. The summed E-state index contributed by atoms with van der Waals surface area (Å²) < 4.78 is 12.9. The molecule has 0 heterocycles. The fourth-order valence-corrected chi connectivity index (χ4v) is 1.96. The van der Waals surface area contributed by atoms with Gasteiger partial charge >= 0.3 is 0 Å². The van der Waals surface area contributed by atoms with Crippen LogP contribution in [0.4, 0.5) is 15.8 Å². The Balaban J connectivity index is 2.10. The second-order valence-electron chi connectivity index (χ2n) is 4.64. The fraction of sp³-hybridized carbons (Fsp3) is 0.500. The average Bonchev–Trinajstić information content (AvgIpc) is 3.04. The minimum absolute atomic E-state index is 0.173. The number of nitro benzene ring substituents is 1. The largest absolute Gasteiger partial charge is 0.377 e. The van der Waals surface area contributed by atoms with Crippen molar-refractivity contribution in [3.63, 3.8) is 0 Å². The zero-order valence-electron chi connectivity index (χ0n) is 9.65. The van der Waals surface area contributed by atoms with Crippen LogP contribution in [0.2, 0.25) is 0 Å². The predicted octanol–water partition coefficient (Wildman–Crippen LogP) is 3.33. The van der Waals surface area contributed by atoms with Gasteiger partial charge in [0, 0.05) is 6.04 Å². The van der Waals surface area contributed by atoms with Gasteiger partial charge in [-0.2, -0.15) is 0 Å². The van der Waals surface area contributed by atoms with Crippen molar-refractivity contribution in [3.8, 4) is 0 Å². The minimum atomic E-state index is -0.586. The molecule has 1 aromatic carbocycles. The third-order valence-electron chi connectivity index (χ3n) is 2.94. The Morgan fingerprint density at radius 3 is 2.88 bits per heavy atom. The van der Waals surface area contributed by atoms with E-state index in [1.807, 2.05) is 6.92 Å². The van der Waals surface area contributed by atoms with Crippen LogP contribution in [0.5, 0.6) is 0 Å². The molecular formula is C12H15FN2O2. The average molecular weight is 238 g/mol. The van der Waals surface area contributed by atoms with E-state index >= 15 is 0 Å². The summed E-state index contributed by atoms with van der Waals surface area (Å²) in [5, 5.41) is 13.9. The van der Waals surface area contributed by atoms with Crippen LogP contribution < -0.4 is 5.32 Å². The molecular weight excluding hydrogens is 223 g/mol. The molecule has 4 nitrogen and oxygen atoms in total. The van der Waals surface area contributed by atoms with E-state index in [9.17, 15) is 14.5 Å². The molecule has 17 heavy (non-hydrogen) atoms. The summed E-state index contributed by atoms with van der Waals surface area (Å²) in [5.41, 5.74) is 0.192. The van der Waals surface area contributed by atoms with Gasteiger partial charge in [0.05, 0.1) is 11.0 Å². The molecule has 1 aliphatic rings. The normalized spacial score (nSPS) is 16.6. The highest BCUT2D eigenvalue weighted by Gasteiger charge is 2.24. The summed E-state index contributed by atoms with van der Waals surface area (Å²) in [4.78, 5) is 10.2. The van der Waals surface area contributed by atoms with Crippen LogP contribution in [0.15, 0.2) is 18.2 Å². The van der Waals surface area contributed by atoms with E-state index in [4.69, 9.17) is 0 Å². The fourth-order valence-electron chi connectivity index (χ4n) is 1.96. The van der Waals surface area contributed by atoms with Crippen LogP contribution in [0.1, 0.15) is 26.2 Å². The van der Waals surface area contributed by atoms with Gasteiger partial charge in [0.15, 0.2) is 0 Å².